The number of hydrogen-bond donors (Lipinski definition) is 1. The van der Waals surface area contributed by atoms with Crippen LogP contribution in [-0.2, 0) is 10.0 Å². The van der Waals surface area contributed by atoms with Crippen molar-refractivity contribution in [1.29, 1.82) is 0 Å². The van der Waals surface area contributed by atoms with Crippen LogP contribution in [0.1, 0.15) is 0 Å². The first kappa shape index (κ1) is 15.9. The summed E-state index contributed by atoms with van der Waals surface area (Å²) in [5.74, 6) is 1.46. The number of sulfonamides is 1. The van der Waals surface area contributed by atoms with E-state index in [2.05, 4.69) is 4.72 Å². The highest BCUT2D eigenvalue weighted by Gasteiger charge is 2.19. The van der Waals surface area contributed by atoms with Gasteiger partial charge in [0.1, 0.15) is 12.4 Å². The molecule has 0 fully saturated rings. The lowest BCUT2D eigenvalue weighted by molar-refractivity contribution is 0.174. The molecule has 8 heteroatoms. The minimum Gasteiger partial charge on any atom is -0.491 e. The van der Waals surface area contributed by atoms with Crippen molar-refractivity contribution in [2.45, 2.75) is 4.90 Å². The Kier molecular flexibility index (Phi) is 4.61. The molecule has 1 aliphatic heterocycles. The maximum Gasteiger partial charge on any atom is 0.240 e. The van der Waals surface area contributed by atoms with Gasteiger partial charge in [0.25, 0.3) is 0 Å². The normalized spacial score (nSPS) is 13.1. The van der Waals surface area contributed by atoms with E-state index >= 15 is 0 Å². The lowest BCUT2D eigenvalue weighted by Gasteiger charge is -2.10. The molecule has 0 radical (unpaired) electrons. The fourth-order valence-corrected chi connectivity index (χ4v) is 3.24. The molecule has 0 aliphatic carbocycles. The summed E-state index contributed by atoms with van der Waals surface area (Å²) < 4.78 is 42.7. The Bertz CT molecular complexity index is 809. The van der Waals surface area contributed by atoms with Crippen LogP contribution in [-0.4, -0.2) is 28.4 Å². The summed E-state index contributed by atoms with van der Waals surface area (Å²) in [4.78, 5) is 0.111. The topological polar surface area (TPSA) is 73.9 Å². The van der Waals surface area contributed by atoms with Crippen molar-refractivity contribution in [3.8, 4) is 17.2 Å². The van der Waals surface area contributed by atoms with Crippen LogP contribution in [0.15, 0.2) is 47.4 Å². The molecule has 3 rings (SSSR count). The second kappa shape index (κ2) is 6.66. The Morgan fingerprint density at radius 1 is 1.13 bits per heavy atom. The molecule has 0 aromatic heterocycles. The number of rotatable bonds is 6. The smallest absolute Gasteiger partial charge is 0.240 e. The molecule has 2 aromatic carbocycles. The van der Waals surface area contributed by atoms with Gasteiger partial charge in [-0.2, -0.15) is 0 Å². The van der Waals surface area contributed by atoms with Gasteiger partial charge in [0.05, 0.1) is 9.92 Å². The van der Waals surface area contributed by atoms with Crippen molar-refractivity contribution in [3.63, 3.8) is 0 Å². The minimum atomic E-state index is -3.64. The van der Waals surface area contributed by atoms with Crippen LogP contribution in [0.25, 0.3) is 0 Å². The third-order valence-electron chi connectivity index (χ3n) is 3.14. The second-order valence-corrected chi connectivity index (χ2v) is 6.87. The summed E-state index contributed by atoms with van der Waals surface area (Å²) in [6, 6.07) is 11.5. The van der Waals surface area contributed by atoms with Crippen molar-refractivity contribution < 1.29 is 22.6 Å². The van der Waals surface area contributed by atoms with E-state index in [0.717, 1.165) is 0 Å². The molecule has 0 atom stereocenters. The van der Waals surface area contributed by atoms with E-state index in [4.69, 9.17) is 25.8 Å². The van der Waals surface area contributed by atoms with Crippen LogP contribution < -0.4 is 18.9 Å². The van der Waals surface area contributed by atoms with Crippen LogP contribution in [0.4, 0.5) is 0 Å². The number of halogens is 1. The molecule has 122 valence electrons. The van der Waals surface area contributed by atoms with Crippen LogP contribution in [0, 0.1) is 0 Å². The standard InChI is InChI=1S/C15H14ClNO5S/c16-12-3-1-2-4-13(12)20-8-7-17-23(18,19)11-5-6-14-15(9-11)22-10-21-14/h1-6,9,17H,7-8,10H2. The van der Waals surface area contributed by atoms with Crippen molar-refractivity contribution in [1.82, 2.24) is 4.72 Å². The van der Waals surface area contributed by atoms with E-state index < -0.39 is 10.0 Å². The van der Waals surface area contributed by atoms with Gasteiger partial charge in [0.2, 0.25) is 16.8 Å². The van der Waals surface area contributed by atoms with Gasteiger partial charge in [-0.05, 0) is 24.3 Å². The molecule has 1 heterocycles. The summed E-state index contributed by atoms with van der Waals surface area (Å²) in [6.07, 6.45) is 0. The highest BCUT2D eigenvalue weighted by atomic mass is 35.5. The van der Waals surface area contributed by atoms with Gasteiger partial charge >= 0.3 is 0 Å². The zero-order chi connectivity index (χ0) is 16.3. The first-order valence-electron chi connectivity index (χ1n) is 6.83. The maximum atomic E-state index is 12.2. The number of fused-ring (bicyclic) bond motifs is 1. The number of benzene rings is 2. The number of nitrogens with one attached hydrogen (secondary N) is 1. The van der Waals surface area contributed by atoms with Crippen LogP contribution in [0.5, 0.6) is 17.2 Å². The molecule has 23 heavy (non-hydrogen) atoms. The van der Waals surface area contributed by atoms with Crippen LogP contribution in [0.3, 0.4) is 0 Å². The molecule has 0 amide bonds. The van der Waals surface area contributed by atoms with E-state index in [1.54, 1.807) is 30.3 Å². The zero-order valence-electron chi connectivity index (χ0n) is 12.0. The molecule has 6 nitrogen and oxygen atoms in total. The van der Waals surface area contributed by atoms with Crippen molar-refractivity contribution in [2.75, 3.05) is 19.9 Å². The van der Waals surface area contributed by atoms with Gasteiger partial charge in [-0.15, -0.1) is 0 Å². The molecule has 1 aliphatic rings. The average Bonchev–Trinajstić information content (AvgIpc) is 3.00. The Balaban J connectivity index is 1.58. The minimum absolute atomic E-state index is 0.0952. The number of ether oxygens (including phenoxy) is 3. The predicted octanol–water partition coefficient (Wildman–Crippen LogP) is 2.43. The summed E-state index contributed by atoms with van der Waals surface area (Å²) in [7, 11) is -3.64. The van der Waals surface area contributed by atoms with Gasteiger partial charge in [-0.1, -0.05) is 23.7 Å². The number of hydrogen-bond acceptors (Lipinski definition) is 5. The predicted molar refractivity (Wildman–Crippen MR) is 84.7 cm³/mol. The quantitative estimate of drug-likeness (QED) is 0.805. The second-order valence-electron chi connectivity index (χ2n) is 4.69. The largest absolute Gasteiger partial charge is 0.491 e. The highest BCUT2D eigenvalue weighted by molar-refractivity contribution is 7.89. The molecule has 0 saturated carbocycles. The SMILES string of the molecule is O=S(=O)(NCCOc1ccccc1Cl)c1ccc2c(c1)OCO2. The maximum absolute atomic E-state index is 12.2. The fourth-order valence-electron chi connectivity index (χ4n) is 2.03. The van der Waals surface area contributed by atoms with Crippen LogP contribution in [0.2, 0.25) is 5.02 Å². The van der Waals surface area contributed by atoms with Gasteiger partial charge in [0, 0.05) is 12.6 Å². The van der Waals surface area contributed by atoms with E-state index in [1.165, 1.54) is 12.1 Å². The molecule has 0 spiro atoms. The monoisotopic (exact) mass is 355 g/mol. The Labute approximate surface area is 139 Å². The van der Waals surface area contributed by atoms with Crippen molar-refractivity contribution in [2.24, 2.45) is 0 Å². The van der Waals surface area contributed by atoms with Gasteiger partial charge < -0.3 is 14.2 Å². The van der Waals surface area contributed by atoms with E-state index in [9.17, 15) is 8.42 Å². The summed E-state index contributed by atoms with van der Waals surface area (Å²) >= 11 is 5.95. The molecule has 0 bridgehead atoms. The third kappa shape index (κ3) is 3.69. The average molecular weight is 356 g/mol. The van der Waals surface area contributed by atoms with E-state index in [-0.39, 0.29) is 24.8 Å². The summed E-state index contributed by atoms with van der Waals surface area (Å²) in [5, 5.41) is 0.478. The summed E-state index contributed by atoms with van der Waals surface area (Å²) in [6.45, 7) is 0.369. The van der Waals surface area contributed by atoms with Crippen molar-refractivity contribution >= 4 is 21.6 Å². The zero-order valence-corrected chi connectivity index (χ0v) is 13.6. The van der Waals surface area contributed by atoms with E-state index in [0.29, 0.717) is 22.3 Å². The van der Waals surface area contributed by atoms with Gasteiger partial charge in [-0.25, -0.2) is 13.1 Å². The summed E-state index contributed by atoms with van der Waals surface area (Å²) in [5.41, 5.74) is 0. The fraction of sp³-hybridized carbons (Fsp3) is 0.200. The Morgan fingerprint density at radius 3 is 2.74 bits per heavy atom. The lowest BCUT2D eigenvalue weighted by Crippen LogP contribution is -2.28. The molecular formula is C15H14ClNO5S. The molecule has 0 saturated heterocycles. The van der Waals surface area contributed by atoms with Gasteiger partial charge in [-0.3, -0.25) is 0 Å². The van der Waals surface area contributed by atoms with Crippen molar-refractivity contribution in [3.05, 3.63) is 47.5 Å². The van der Waals surface area contributed by atoms with Crippen LogP contribution >= 0.6 is 11.6 Å². The van der Waals surface area contributed by atoms with Gasteiger partial charge in [0.15, 0.2) is 11.5 Å². The lowest BCUT2D eigenvalue weighted by atomic mass is 10.3. The number of para-hydroxylation sites is 1. The molecular weight excluding hydrogens is 342 g/mol. The first-order valence-corrected chi connectivity index (χ1v) is 8.69. The van der Waals surface area contributed by atoms with E-state index in [1.807, 2.05) is 0 Å². The Morgan fingerprint density at radius 2 is 1.91 bits per heavy atom. The molecule has 0 unspecified atom stereocenters. The molecule has 1 N–H and O–H groups in total. The third-order valence-corrected chi connectivity index (χ3v) is 4.91. The molecule has 2 aromatic rings. The Hall–Kier alpha value is -1.96. The highest BCUT2D eigenvalue weighted by Crippen LogP contribution is 2.33. The first-order chi connectivity index (χ1) is 11.1.